The van der Waals surface area contributed by atoms with Crippen LogP contribution in [0.25, 0.3) is 10.9 Å². The first-order valence-electron chi connectivity index (χ1n) is 5.54. The third-order valence-electron chi connectivity index (χ3n) is 2.32. The molecule has 2 rings (SSSR count). The number of nitrogens with zero attached hydrogens (tertiary/aromatic N) is 2. The summed E-state index contributed by atoms with van der Waals surface area (Å²) >= 11 is 0. The molecule has 18 heavy (non-hydrogen) atoms. The lowest BCUT2D eigenvalue weighted by atomic mass is 10.2. The second-order valence-corrected chi connectivity index (χ2v) is 3.50. The van der Waals surface area contributed by atoms with Crippen molar-refractivity contribution in [3.8, 4) is 0 Å². The number of hydrogen-bond acceptors (Lipinski definition) is 5. The molecule has 0 fully saturated rings. The molecule has 0 aliphatic heterocycles. The van der Waals surface area contributed by atoms with Gasteiger partial charge in [0, 0.05) is 11.9 Å². The number of benzene rings is 1. The fourth-order valence-electron chi connectivity index (χ4n) is 1.55. The Labute approximate surface area is 112 Å². The van der Waals surface area contributed by atoms with Crippen LogP contribution in [0.5, 0.6) is 0 Å². The molecule has 2 aromatic rings. The molecule has 5 nitrogen and oxygen atoms in total. The van der Waals surface area contributed by atoms with E-state index in [4.69, 9.17) is 9.84 Å². The van der Waals surface area contributed by atoms with E-state index in [0.717, 1.165) is 16.7 Å². The number of aromatic nitrogens is 2. The van der Waals surface area contributed by atoms with Crippen LogP contribution in [0.15, 0.2) is 30.6 Å². The summed E-state index contributed by atoms with van der Waals surface area (Å²) in [6.45, 7) is 1.61. The van der Waals surface area contributed by atoms with Crippen molar-refractivity contribution in [2.45, 2.75) is 0 Å². The average Bonchev–Trinajstić information content (AvgIpc) is 2.39. The molecule has 0 bridgehead atoms. The number of ether oxygens (including phenoxy) is 1. The molecule has 0 radical (unpaired) electrons. The van der Waals surface area contributed by atoms with Crippen LogP contribution in [0.2, 0.25) is 0 Å². The Morgan fingerprint density at radius 2 is 2.00 bits per heavy atom. The van der Waals surface area contributed by atoms with Crippen LogP contribution in [0.3, 0.4) is 0 Å². The molecule has 0 atom stereocenters. The predicted molar refractivity (Wildman–Crippen MR) is 73.2 cm³/mol. The summed E-state index contributed by atoms with van der Waals surface area (Å²) in [4.78, 5) is 8.38. The van der Waals surface area contributed by atoms with E-state index in [1.807, 2.05) is 24.3 Å². The highest BCUT2D eigenvalue weighted by Crippen LogP contribution is 2.17. The summed E-state index contributed by atoms with van der Waals surface area (Å²) in [5.41, 5.74) is 0.918. The maximum atomic E-state index is 8.56. The molecule has 1 heterocycles. The maximum absolute atomic E-state index is 8.56. The lowest BCUT2D eigenvalue weighted by Gasteiger charge is -2.08. The van der Waals surface area contributed by atoms with E-state index in [9.17, 15) is 0 Å². The van der Waals surface area contributed by atoms with E-state index in [0.29, 0.717) is 19.8 Å². The zero-order valence-corrected chi connectivity index (χ0v) is 10.7. The van der Waals surface area contributed by atoms with Crippen LogP contribution >= 0.6 is 12.4 Å². The van der Waals surface area contributed by atoms with Crippen molar-refractivity contribution in [1.82, 2.24) is 9.97 Å². The molecular formula is C12H16ClN3O2. The van der Waals surface area contributed by atoms with Gasteiger partial charge in [-0.2, -0.15) is 0 Å². The van der Waals surface area contributed by atoms with E-state index in [2.05, 4.69) is 15.3 Å². The fourth-order valence-corrected chi connectivity index (χ4v) is 1.55. The Balaban J connectivity index is 0.00000162. The Morgan fingerprint density at radius 1 is 1.17 bits per heavy atom. The highest BCUT2D eigenvalue weighted by Gasteiger charge is 2.01. The number of halogens is 1. The van der Waals surface area contributed by atoms with Gasteiger partial charge in [0.1, 0.15) is 12.1 Å². The molecule has 98 valence electrons. The Morgan fingerprint density at radius 3 is 2.83 bits per heavy atom. The number of aliphatic hydroxyl groups excluding tert-OH is 1. The van der Waals surface area contributed by atoms with Crippen molar-refractivity contribution in [2.24, 2.45) is 0 Å². The van der Waals surface area contributed by atoms with Gasteiger partial charge in [-0.1, -0.05) is 12.1 Å². The smallest absolute Gasteiger partial charge is 0.137 e. The van der Waals surface area contributed by atoms with Crippen molar-refractivity contribution in [1.29, 1.82) is 0 Å². The molecule has 6 heteroatoms. The summed E-state index contributed by atoms with van der Waals surface area (Å²) in [5, 5.41) is 12.7. The molecule has 2 N–H and O–H groups in total. The summed E-state index contributed by atoms with van der Waals surface area (Å²) in [6, 6.07) is 7.83. The van der Waals surface area contributed by atoms with Crippen molar-refractivity contribution in [3.63, 3.8) is 0 Å². The third-order valence-corrected chi connectivity index (χ3v) is 2.32. The monoisotopic (exact) mass is 269 g/mol. The number of hydrogen-bond donors (Lipinski definition) is 2. The molecule has 0 aliphatic rings. The molecular weight excluding hydrogens is 254 g/mol. The third kappa shape index (κ3) is 3.80. The standard InChI is InChI=1S/C12H15N3O2.ClH/c16-6-8-17-7-5-13-12-10-3-1-2-4-11(10)14-9-15-12;/h1-4,9,16H,5-8H2,(H,13,14,15);1H. The minimum Gasteiger partial charge on any atom is -0.394 e. The summed E-state index contributed by atoms with van der Waals surface area (Å²) in [6.07, 6.45) is 1.54. The zero-order valence-electron chi connectivity index (χ0n) is 9.87. The summed E-state index contributed by atoms with van der Waals surface area (Å²) in [5.74, 6) is 0.809. The molecule has 0 amide bonds. The predicted octanol–water partition coefficient (Wildman–Crippen LogP) is 1.47. The van der Waals surface area contributed by atoms with Crippen molar-refractivity contribution < 1.29 is 9.84 Å². The first-order chi connectivity index (χ1) is 8.42. The van der Waals surface area contributed by atoms with Crippen molar-refractivity contribution in [2.75, 3.05) is 31.7 Å². The lowest BCUT2D eigenvalue weighted by molar-refractivity contribution is 0.0992. The van der Waals surface area contributed by atoms with Crippen LogP contribution in [-0.4, -0.2) is 41.4 Å². The van der Waals surface area contributed by atoms with Gasteiger partial charge in [-0.25, -0.2) is 9.97 Å². The van der Waals surface area contributed by atoms with Gasteiger partial charge in [0.15, 0.2) is 0 Å². The highest BCUT2D eigenvalue weighted by atomic mass is 35.5. The van der Waals surface area contributed by atoms with Gasteiger partial charge in [0.05, 0.1) is 25.3 Å². The first kappa shape index (κ1) is 14.6. The van der Waals surface area contributed by atoms with Gasteiger partial charge in [0.25, 0.3) is 0 Å². The van der Waals surface area contributed by atoms with Crippen LogP contribution in [0, 0.1) is 0 Å². The van der Waals surface area contributed by atoms with Crippen LogP contribution < -0.4 is 5.32 Å². The van der Waals surface area contributed by atoms with Gasteiger partial charge in [-0.05, 0) is 12.1 Å². The number of aliphatic hydroxyl groups is 1. The fraction of sp³-hybridized carbons (Fsp3) is 0.333. The van der Waals surface area contributed by atoms with E-state index < -0.39 is 0 Å². The Bertz CT molecular complexity index is 476. The highest BCUT2D eigenvalue weighted by molar-refractivity contribution is 5.88. The quantitative estimate of drug-likeness (QED) is 0.778. The van der Waals surface area contributed by atoms with Crippen LogP contribution in [0.1, 0.15) is 0 Å². The molecule has 0 saturated carbocycles. The molecule has 1 aromatic heterocycles. The largest absolute Gasteiger partial charge is 0.394 e. The minimum absolute atomic E-state index is 0. The van der Waals surface area contributed by atoms with E-state index >= 15 is 0 Å². The zero-order chi connectivity index (χ0) is 11.9. The van der Waals surface area contributed by atoms with Gasteiger partial charge < -0.3 is 15.2 Å². The lowest BCUT2D eigenvalue weighted by Crippen LogP contribution is -2.12. The second kappa shape index (κ2) is 7.81. The summed E-state index contributed by atoms with van der Waals surface area (Å²) < 4.78 is 5.16. The van der Waals surface area contributed by atoms with Crippen LogP contribution in [-0.2, 0) is 4.74 Å². The molecule has 0 spiro atoms. The van der Waals surface area contributed by atoms with Crippen molar-refractivity contribution in [3.05, 3.63) is 30.6 Å². The second-order valence-electron chi connectivity index (χ2n) is 3.50. The van der Waals surface area contributed by atoms with Gasteiger partial charge in [-0.15, -0.1) is 12.4 Å². The number of nitrogens with one attached hydrogen (secondary N) is 1. The van der Waals surface area contributed by atoms with Gasteiger partial charge in [-0.3, -0.25) is 0 Å². The summed E-state index contributed by atoms with van der Waals surface area (Å²) in [7, 11) is 0. The number of rotatable bonds is 6. The van der Waals surface area contributed by atoms with Crippen LogP contribution in [0.4, 0.5) is 5.82 Å². The normalized spacial score (nSPS) is 10.1. The minimum atomic E-state index is 0. The Hall–Kier alpha value is -1.43. The van der Waals surface area contributed by atoms with E-state index in [-0.39, 0.29) is 19.0 Å². The number of fused-ring (bicyclic) bond motifs is 1. The number of para-hydroxylation sites is 1. The first-order valence-corrected chi connectivity index (χ1v) is 5.54. The molecule has 1 aromatic carbocycles. The molecule has 0 aliphatic carbocycles. The average molecular weight is 270 g/mol. The SMILES string of the molecule is Cl.OCCOCCNc1ncnc2ccccc12. The maximum Gasteiger partial charge on any atom is 0.137 e. The van der Waals surface area contributed by atoms with E-state index in [1.165, 1.54) is 0 Å². The Kier molecular flexibility index (Phi) is 6.35. The van der Waals surface area contributed by atoms with Gasteiger partial charge in [0.2, 0.25) is 0 Å². The molecule has 0 unspecified atom stereocenters. The topological polar surface area (TPSA) is 67.3 Å². The van der Waals surface area contributed by atoms with E-state index in [1.54, 1.807) is 6.33 Å². The van der Waals surface area contributed by atoms with Gasteiger partial charge >= 0.3 is 0 Å². The van der Waals surface area contributed by atoms with Crippen molar-refractivity contribution >= 4 is 29.1 Å². The molecule has 0 saturated heterocycles. The number of anilines is 1.